The molecule has 0 aliphatic carbocycles. The Bertz CT molecular complexity index is 4320. The Morgan fingerprint density at radius 3 is 1.52 bits per heavy atom. The number of aromatic nitrogens is 3. The fourth-order valence-corrected chi connectivity index (χ4v) is 10.5. The van der Waals surface area contributed by atoms with E-state index in [2.05, 4.69) is 226 Å². The van der Waals surface area contributed by atoms with E-state index < -0.39 is 0 Å². The van der Waals surface area contributed by atoms with Crippen LogP contribution in [-0.2, 0) is 0 Å². The van der Waals surface area contributed by atoms with Gasteiger partial charge in [-0.1, -0.05) is 121 Å². The van der Waals surface area contributed by atoms with Crippen molar-refractivity contribution in [2.75, 3.05) is 0 Å². The predicted molar refractivity (Wildman–Crippen MR) is 269 cm³/mol. The molecule has 3 aromatic heterocycles. The summed E-state index contributed by atoms with van der Waals surface area (Å²) in [4.78, 5) is 0. The first-order valence-corrected chi connectivity index (χ1v) is 21.9. The van der Waals surface area contributed by atoms with Crippen molar-refractivity contribution in [3.63, 3.8) is 0 Å². The molecule has 0 aliphatic heterocycles. The summed E-state index contributed by atoms with van der Waals surface area (Å²) < 4.78 is 13.7. The fourth-order valence-electron chi connectivity index (χ4n) is 10.5. The van der Waals surface area contributed by atoms with E-state index in [0.717, 1.165) is 66.2 Å². The van der Waals surface area contributed by atoms with Crippen LogP contribution in [0, 0.1) is 0 Å². The summed E-state index contributed by atoms with van der Waals surface area (Å²) in [5, 5.41) is 14.2. The predicted octanol–water partition coefficient (Wildman–Crippen LogP) is 16.3. The molecular weight excluding hydrogens is 779 g/mol. The van der Waals surface area contributed by atoms with Crippen molar-refractivity contribution in [3.05, 3.63) is 224 Å². The maximum Gasteiger partial charge on any atom is 0.137 e. The minimum Gasteiger partial charge on any atom is -0.456 e. The molecule has 0 saturated heterocycles. The highest BCUT2D eigenvalue weighted by atomic mass is 16.3. The molecule has 0 radical (unpaired) electrons. The van der Waals surface area contributed by atoms with Crippen molar-refractivity contribution in [1.82, 2.24) is 13.7 Å². The number of benzene rings is 11. The topological polar surface area (TPSA) is 27.9 Å². The number of nitrogens with zero attached hydrogens (tertiary/aromatic N) is 3. The molecule has 0 saturated carbocycles. The quantitative estimate of drug-likeness (QED) is 0.163. The maximum atomic E-state index is 6.45. The number of para-hydroxylation sites is 2. The van der Waals surface area contributed by atoms with Crippen molar-refractivity contribution in [3.8, 4) is 17.1 Å². The van der Waals surface area contributed by atoms with Crippen LogP contribution >= 0.6 is 0 Å². The number of hydrogen-bond acceptors (Lipinski definition) is 1. The Labute approximate surface area is 367 Å². The first-order chi connectivity index (χ1) is 31.7. The van der Waals surface area contributed by atoms with Crippen LogP contribution in [0.1, 0.15) is 0 Å². The first kappa shape index (κ1) is 35.0. The molecule has 14 rings (SSSR count). The number of furan rings is 1. The highest BCUT2D eigenvalue weighted by molar-refractivity contribution is 6.13. The Kier molecular flexibility index (Phi) is 7.36. The molecule has 4 heteroatoms. The molecule has 0 aliphatic rings. The molecule has 8 bridgehead atoms. The molecule has 0 atom stereocenters. The largest absolute Gasteiger partial charge is 0.456 e. The van der Waals surface area contributed by atoms with Crippen molar-refractivity contribution < 1.29 is 4.42 Å². The lowest BCUT2D eigenvalue weighted by molar-refractivity contribution is 0.668. The molecular formula is C60H37N3O. The van der Waals surface area contributed by atoms with Gasteiger partial charge in [0.25, 0.3) is 0 Å². The zero-order valence-electron chi connectivity index (χ0n) is 34.6. The third-order valence-electron chi connectivity index (χ3n) is 13.4. The summed E-state index contributed by atoms with van der Waals surface area (Å²) in [6.07, 6.45) is 0. The molecule has 3 heterocycles. The van der Waals surface area contributed by atoms with E-state index >= 15 is 0 Å². The van der Waals surface area contributed by atoms with Crippen molar-refractivity contribution in [1.29, 1.82) is 0 Å². The van der Waals surface area contributed by atoms with Crippen LogP contribution in [0.3, 0.4) is 0 Å². The van der Waals surface area contributed by atoms with Gasteiger partial charge in [0.05, 0.1) is 16.7 Å². The van der Waals surface area contributed by atoms with Gasteiger partial charge in [-0.25, -0.2) is 0 Å². The molecule has 0 amide bonds. The Hall–Kier alpha value is -8.60. The molecule has 11 aromatic carbocycles. The summed E-state index contributed by atoms with van der Waals surface area (Å²) in [7, 11) is 0. The van der Waals surface area contributed by atoms with E-state index in [1.54, 1.807) is 0 Å². The van der Waals surface area contributed by atoms with E-state index in [-0.39, 0.29) is 0 Å². The second-order valence-electron chi connectivity index (χ2n) is 17.0. The van der Waals surface area contributed by atoms with Gasteiger partial charge in [-0.3, -0.25) is 0 Å². The molecule has 64 heavy (non-hydrogen) atoms. The number of fused-ring (bicyclic) bond motifs is 14. The lowest BCUT2D eigenvalue weighted by Gasteiger charge is -2.16. The molecule has 0 spiro atoms. The van der Waals surface area contributed by atoms with Crippen LogP contribution in [-0.4, -0.2) is 13.7 Å². The Morgan fingerprint density at radius 2 is 0.766 bits per heavy atom. The average molecular weight is 816 g/mol. The minimum absolute atomic E-state index is 0.870. The smallest absolute Gasteiger partial charge is 0.137 e. The standard InChI is InChI=1S/C60H37N3O/c1-2-16-49-38(10-1)11-9-20-56(49)63-57-19-5-3-17-50(57)55-36-47(29-31-58(55)63)61-43-14-7-12-41(32-43)42-13-8-15-44(33-42)62(48-28-30-52-51-18-4-6-21-59(51)64-60(52)37-48)46-27-25-40-23-22-39-24-26-45(61)34-53(39)54(40)35-46/h1-37H. The molecule has 298 valence electrons. The third kappa shape index (κ3) is 5.23. The second kappa shape index (κ2) is 13.4. The lowest BCUT2D eigenvalue weighted by Crippen LogP contribution is -1.99. The second-order valence-corrected chi connectivity index (χ2v) is 17.0. The fraction of sp³-hybridized carbons (Fsp3) is 0. The van der Waals surface area contributed by atoms with Crippen molar-refractivity contribution in [2.45, 2.75) is 0 Å². The highest BCUT2D eigenvalue weighted by Gasteiger charge is 2.16. The number of hydrogen-bond donors (Lipinski definition) is 0. The monoisotopic (exact) mass is 815 g/mol. The van der Waals surface area contributed by atoms with Gasteiger partial charge >= 0.3 is 0 Å². The van der Waals surface area contributed by atoms with E-state index in [1.807, 2.05) is 12.1 Å². The Balaban J connectivity index is 1.08. The lowest BCUT2D eigenvalue weighted by atomic mass is 10.0. The minimum atomic E-state index is 0.870. The van der Waals surface area contributed by atoms with Crippen molar-refractivity contribution >= 4 is 109 Å². The van der Waals surface area contributed by atoms with Gasteiger partial charge < -0.3 is 18.1 Å². The summed E-state index contributed by atoms with van der Waals surface area (Å²) in [6, 6.07) is 82.2. The van der Waals surface area contributed by atoms with Gasteiger partial charge in [0, 0.05) is 66.4 Å². The van der Waals surface area contributed by atoms with Crippen LogP contribution in [0.2, 0.25) is 0 Å². The number of rotatable bonds is 3. The summed E-state index contributed by atoms with van der Waals surface area (Å²) >= 11 is 0. The molecule has 0 unspecified atom stereocenters. The van der Waals surface area contributed by atoms with E-state index in [1.165, 1.54) is 59.8 Å². The zero-order chi connectivity index (χ0) is 41.9. The highest BCUT2D eigenvalue weighted by Crippen LogP contribution is 2.38. The van der Waals surface area contributed by atoms with E-state index in [0.29, 0.717) is 0 Å². The van der Waals surface area contributed by atoms with Gasteiger partial charge in [-0.05, 0) is 135 Å². The summed E-state index contributed by atoms with van der Waals surface area (Å²) in [5.74, 6) is 0. The first-order valence-electron chi connectivity index (χ1n) is 21.9. The Morgan fingerprint density at radius 1 is 0.250 bits per heavy atom. The van der Waals surface area contributed by atoms with Gasteiger partial charge in [0.15, 0.2) is 0 Å². The molecule has 14 aromatic rings. The van der Waals surface area contributed by atoms with Gasteiger partial charge in [-0.15, -0.1) is 0 Å². The normalized spacial score (nSPS) is 12.1. The average Bonchev–Trinajstić information content (AvgIpc) is 3.89. The van der Waals surface area contributed by atoms with E-state index in [9.17, 15) is 0 Å². The summed E-state index contributed by atoms with van der Waals surface area (Å²) in [6.45, 7) is 0. The molecule has 4 nitrogen and oxygen atoms in total. The summed E-state index contributed by atoms with van der Waals surface area (Å²) in [5.41, 5.74) is 11.8. The van der Waals surface area contributed by atoms with Gasteiger partial charge in [-0.2, -0.15) is 0 Å². The SMILES string of the molecule is c1ccc2c(-n3c4ccccc4c4cc(-n5c6cccc(c6)c6cccc(c6)n(-c6ccc7c(c6)oc6ccccc67)c6ccc7ccc8ccc5cc8c7c6)ccc43)cccc2c1. The van der Waals surface area contributed by atoms with Crippen LogP contribution in [0.5, 0.6) is 0 Å². The zero-order valence-corrected chi connectivity index (χ0v) is 34.6. The van der Waals surface area contributed by atoms with Gasteiger partial charge in [0.1, 0.15) is 11.2 Å². The van der Waals surface area contributed by atoms with Crippen LogP contribution in [0.15, 0.2) is 229 Å². The van der Waals surface area contributed by atoms with E-state index in [4.69, 9.17) is 4.42 Å². The van der Waals surface area contributed by atoms with Crippen LogP contribution < -0.4 is 0 Å². The third-order valence-corrected chi connectivity index (χ3v) is 13.4. The molecule has 0 N–H and O–H groups in total. The van der Waals surface area contributed by atoms with Crippen LogP contribution in [0.4, 0.5) is 0 Å². The molecule has 0 fully saturated rings. The van der Waals surface area contributed by atoms with Crippen LogP contribution in [0.25, 0.3) is 126 Å². The van der Waals surface area contributed by atoms with Gasteiger partial charge in [0.2, 0.25) is 0 Å². The van der Waals surface area contributed by atoms with Crippen molar-refractivity contribution in [2.24, 2.45) is 0 Å². The maximum absolute atomic E-state index is 6.45.